The minimum Gasteiger partial charge on any atom is -0.496 e. The number of halogens is 1. The normalized spacial score (nSPS) is 10.7. The van der Waals surface area contributed by atoms with E-state index in [-0.39, 0.29) is 0 Å². The predicted octanol–water partition coefficient (Wildman–Crippen LogP) is 4.48. The second-order valence-electron chi connectivity index (χ2n) is 6.30. The quantitative estimate of drug-likeness (QED) is 0.474. The van der Waals surface area contributed by atoms with Gasteiger partial charge in [0.25, 0.3) is 0 Å². The molecule has 0 unspecified atom stereocenters. The Hall–Kier alpha value is -3.45. The van der Waals surface area contributed by atoms with Gasteiger partial charge in [-0.15, -0.1) is 0 Å². The van der Waals surface area contributed by atoms with Crippen molar-refractivity contribution < 1.29 is 9.47 Å². The van der Waals surface area contributed by atoms with E-state index >= 15 is 0 Å². The molecular weight excluding hydrogens is 390 g/mol. The van der Waals surface area contributed by atoms with Gasteiger partial charge in [0.2, 0.25) is 0 Å². The van der Waals surface area contributed by atoms with Gasteiger partial charge in [0.05, 0.1) is 30.4 Å². The van der Waals surface area contributed by atoms with Crippen molar-refractivity contribution >= 4 is 11.6 Å². The number of methoxy groups -OCH3 is 1. The molecular formula is C21H18ClN5O2. The molecule has 1 N–H and O–H groups in total. The number of ether oxygens (including phenoxy) is 2. The standard InChI is InChI=1S/C21H18ClN5O2/c1-13-8-24-15(10-23-13)12-29-16-4-5-17(19(7-16)28-2)18-11-26-21(27-18)14-3-6-20(22)25-9-14/h3-11H,12H2,1-2H3,(H,26,27). The molecule has 0 bridgehead atoms. The molecule has 0 spiro atoms. The van der Waals surface area contributed by atoms with E-state index in [9.17, 15) is 0 Å². The van der Waals surface area contributed by atoms with Crippen molar-refractivity contribution in [1.82, 2.24) is 24.9 Å². The third-order valence-electron chi connectivity index (χ3n) is 4.25. The van der Waals surface area contributed by atoms with Crippen molar-refractivity contribution in [3.05, 3.63) is 71.7 Å². The van der Waals surface area contributed by atoms with Crippen LogP contribution in [0.2, 0.25) is 5.15 Å². The van der Waals surface area contributed by atoms with E-state index in [4.69, 9.17) is 21.1 Å². The van der Waals surface area contributed by atoms with E-state index < -0.39 is 0 Å². The highest BCUT2D eigenvalue weighted by atomic mass is 35.5. The minimum absolute atomic E-state index is 0.325. The van der Waals surface area contributed by atoms with E-state index in [2.05, 4.69) is 24.9 Å². The first-order chi connectivity index (χ1) is 14.1. The van der Waals surface area contributed by atoms with E-state index in [1.54, 1.807) is 31.8 Å². The van der Waals surface area contributed by atoms with Crippen LogP contribution in [0.1, 0.15) is 11.4 Å². The lowest BCUT2D eigenvalue weighted by Gasteiger charge is -2.10. The highest BCUT2D eigenvalue weighted by Crippen LogP contribution is 2.33. The SMILES string of the molecule is COc1cc(OCc2cnc(C)cn2)ccc1-c1c[nH]c(-c2ccc(Cl)nc2)n1. The Balaban J connectivity index is 1.54. The second kappa shape index (κ2) is 8.28. The Morgan fingerprint density at radius 1 is 1.03 bits per heavy atom. The lowest BCUT2D eigenvalue weighted by atomic mass is 10.1. The number of H-pyrrole nitrogens is 1. The smallest absolute Gasteiger partial charge is 0.139 e. The van der Waals surface area contributed by atoms with Crippen molar-refractivity contribution in [3.8, 4) is 34.1 Å². The number of benzene rings is 1. The van der Waals surface area contributed by atoms with Crippen LogP contribution in [0.5, 0.6) is 11.5 Å². The molecule has 0 aliphatic heterocycles. The van der Waals surface area contributed by atoms with Crippen LogP contribution in [0.4, 0.5) is 0 Å². The van der Waals surface area contributed by atoms with Gasteiger partial charge in [-0.3, -0.25) is 9.97 Å². The summed E-state index contributed by atoms with van der Waals surface area (Å²) in [6.45, 7) is 2.22. The molecule has 8 heteroatoms. The van der Waals surface area contributed by atoms with E-state index in [0.29, 0.717) is 29.1 Å². The highest BCUT2D eigenvalue weighted by molar-refractivity contribution is 6.29. The Morgan fingerprint density at radius 2 is 1.93 bits per heavy atom. The first kappa shape index (κ1) is 18.9. The first-order valence-electron chi connectivity index (χ1n) is 8.88. The number of nitrogens with one attached hydrogen (secondary N) is 1. The molecule has 4 aromatic rings. The van der Waals surface area contributed by atoms with Crippen molar-refractivity contribution in [2.24, 2.45) is 0 Å². The number of hydrogen-bond donors (Lipinski definition) is 1. The van der Waals surface area contributed by atoms with Crippen LogP contribution in [-0.2, 0) is 6.61 Å². The van der Waals surface area contributed by atoms with Crippen molar-refractivity contribution in [3.63, 3.8) is 0 Å². The van der Waals surface area contributed by atoms with Crippen LogP contribution in [0.3, 0.4) is 0 Å². The lowest BCUT2D eigenvalue weighted by Crippen LogP contribution is -2.00. The van der Waals surface area contributed by atoms with Gasteiger partial charge < -0.3 is 14.5 Å². The number of nitrogens with zero attached hydrogens (tertiary/aromatic N) is 4. The zero-order valence-corrected chi connectivity index (χ0v) is 16.6. The zero-order chi connectivity index (χ0) is 20.2. The van der Waals surface area contributed by atoms with E-state index in [0.717, 1.165) is 28.2 Å². The van der Waals surface area contributed by atoms with E-state index in [1.165, 1.54) is 0 Å². The molecule has 1 aromatic carbocycles. The molecule has 29 heavy (non-hydrogen) atoms. The maximum Gasteiger partial charge on any atom is 0.139 e. The number of aromatic nitrogens is 5. The summed E-state index contributed by atoms with van der Waals surface area (Å²) in [6, 6.07) is 9.20. The summed E-state index contributed by atoms with van der Waals surface area (Å²) in [5.41, 5.74) is 4.07. The number of hydrogen-bond acceptors (Lipinski definition) is 6. The molecule has 0 aliphatic rings. The second-order valence-corrected chi connectivity index (χ2v) is 6.69. The van der Waals surface area contributed by atoms with Gasteiger partial charge in [-0.1, -0.05) is 11.6 Å². The fourth-order valence-electron chi connectivity index (χ4n) is 2.75. The number of imidazole rings is 1. The molecule has 7 nitrogen and oxygen atoms in total. The van der Waals surface area contributed by atoms with Crippen molar-refractivity contribution in [1.29, 1.82) is 0 Å². The first-order valence-corrected chi connectivity index (χ1v) is 9.26. The lowest BCUT2D eigenvalue weighted by molar-refractivity contribution is 0.298. The summed E-state index contributed by atoms with van der Waals surface area (Å²) in [5, 5.41) is 0.439. The molecule has 3 aromatic heterocycles. The molecule has 4 rings (SSSR count). The fraction of sp³-hybridized carbons (Fsp3) is 0.143. The van der Waals surface area contributed by atoms with Gasteiger partial charge in [0.1, 0.15) is 29.1 Å². The Kier molecular flexibility index (Phi) is 5.39. The average Bonchev–Trinajstić information content (AvgIpc) is 3.23. The number of pyridine rings is 1. The molecule has 146 valence electrons. The molecule has 0 saturated heterocycles. The molecule has 0 saturated carbocycles. The number of aromatic amines is 1. The fourth-order valence-corrected chi connectivity index (χ4v) is 2.86. The molecule has 0 atom stereocenters. The van der Waals surface area contributed by atoms with Crippen LogP contribution in [0, 0.1) is 6.92 Å². The molecule has 3 heterocycles. The van der Waals surface area contributed by atoms with Gasteiger partial charge >= 0.3 is 0 Å². The third-order valence-corrected chi connectivity index (χ3v) is 4.47. The molecule has 0 aliphatic carbocycles. The van der Waals surface area contributed by atoms with Crippen LogP contribution in [0.25, 0.3) is 22.6 Å². The third kappa shape index (κ3) is 4.35. The van der Waals surface area contributed by atoms with Crippen molar-refractivity contribution in [2.75, 3.05) is 7.11 Å². The molecule has 0 amide bonds. The maximum absolute atomic E-state index is 5.85. The molecule has 0 radical (unpaired) electrons. The summed E-state index contributed by atoms with van der Waals surface area (Å²) >= 11 is 5.85. The summed E-state index contributed by atoms with van der Waals surface area (Å²) < 4.78 is 11.4. The van der Waals surface area contributed by atoms with Crippen LogP contribution in [0.15, 0.2) is 55.1 Å². The summed E-state index contributed by atoms with van der Waals surface area (Å²) in [7, 11) is 1.62. The van der Waals surface area contributed by atoms with Crippen LogP contribution in [-0.4, -0.2) is 32.0 Å². The topological polar surface area (TPSA) is 85.8 Å². The zero-order valence-electron chi connectivity index (χ0n) is 15.9. The van der Waals surface area contributed by atoms with E-state index in [1.807, 2.05) is 37.4 Å². The minimum atomic E-state index is 0.325. The Labute approximate surface area is 172 Å². The highest BCUT2D eigenvalue weighted by Gasteiger charge is 2.12. The monoisotopic (exact) mass is 407 g/mol. The van der Waals surface area contributed by atoms with Crippen LogP contribution < -0.4 is 9.47 Å². The largest absolute Gasteiger partial charge is 0.496 e. The van der Waals surface area contributed by atoms with Gasteiger partial charge in [-0.25, -0.2) is 9.97 Å². The summed E-state index contributed by atoms with van der Waals surface area (Å²) in [5.74, 6) is 2.03. The van der Waals surface area contributed by atoms with Gasteiger partial charge in [-0.2, -0.15) is 0 Å². The van der Waals surface area contributed by atoms with Crippen molar-refractivity contribution in [2.45, 2.75) is 13.5 Å². The Bertz CT molecular complexity index is 1110. The number of aryl methyl sites for hydroxylation is 1. The molecule has 0 fully saturated rings. The van der Waals surface area contributed by atoms with Crippen LogP contribution >= 0.6 is 11.6 Å². The summed E-state index contributed by atoms with van der Waals surface area (Å²) in [6.07, 6.45) is 6.92. The van der Waals surface area contributed by atoms with Gasteiger partial charge in [-0.05, 0) is 31.2 Å². The Morgan fingerprint density at radius 3 is 2.66 bits per heavy atom. The van der Waals surface area contributed by atoms with Gasteiger partial charge in [0.15, 0.2) is 0 Å². The predicted molar refractivity (Wildman–Crippen MR) is 110 cm³/mol. The average molecular weight is 408 g/mol. The number of rotatable bonds is 6. The summed E-state index contributed by atoms with van der Waals surface area (Å²) in [4.78, 5) is 20.4. The van der Waals surface area contributed by atoms with Gasteiger partial charge in [0, 0.05) is 35.8 Å². The maximum atomic E-state index is 5.85.